The van der Waals surface area contributed by atoms with E-state index in [1.807, 2.05) is 0 Å². The van der Waals surface area contributed by atoms with Gasteiger partial charge in [0.2, 0.25) is 0 Å². The highest BCUT2D eigenvalue weighted by Crippen LogP contribution is 2.26. The van der Waals surface area contributed by atoms with E-state index < -0.39 is 6.09 Å². The van der Waals surface area contributed by atoms with Crippen LogP contribution in [-0.4, -0.2) is 24.0 Å². The van der Waals surface area contributed by atoms with Crippen LogP contribution in [0.3, 0.4) is 0 Å². The maximum Gasteiger partial charge on any atom is 0.412 e. The van der Waals surface area contributed by atoms with E-state index in [4.69, 9.17) is 9.47 Å². The van der Waals surface area contributed by atoms with Crippen molar-refractivity contribution in [2.45, 2.75) is 21.0 Å². The summed E-state index contributed by atoms with van der Waals surface area (Å²) in [5.41, 5.74) is 1.78. The quantitative estimate of drug-likeness (QED) is 0.851. The average molecular weight is 316 g/mol. The SMILES string of the molecule is C.COc1cc(C(C)=O)ccc1NC(=O)OCc1ccncc1. The summed E-state index contributed by atoms with van der Waals surface area (Å²) in [7, 11) is 1.47. The van der Waals surface area contributed by atoms with Gasteiger partial charge in [0.15, 0.2) is 5.78 Å². The molecule has 1 N–H and O–H groups in total. The molecule has 23 heavy (non-hydrogen) atoms. The predicted octanol–water partition coefficient (Wildman–Crippen LogP) is 3.68. The van der Waals surface area contributed by atoms with Crippen molar-refractivity contribution >= 4 is 17.6 Å². The maximum absolute atomic E-state index is 11.8. The second-order valence-electron chi connectivity index (χ2n) is 4.53. The largest absolute Gasteiger partial charge is 0.495 e. The number of methoxy groups -OCH3 is 1. The van der Waals surface area contributed by atoms with Gasteiger partial charge in [-0.1, -0.05) is 7.43 Å². The number of Topliss-reactive ketones (excluding diaryl/α,β-unsaturated/α-hetero) is 1. The minimum Gasteiger partial charge on any atom is -0.495 e. The molecule has 0 atom stereocenters. The van der Waals surface area contributed by atoms with E-state index in [1.165, 1.54) is 14.0 Å². The van der Waals surface area contributed by atoms with Gasteiger partial charge < -0.3 is 9.47 Å². The molecule has 122 valence electrons. The Kier molecular flexibility index (Phi) is 6.73. The molecule has 6 nitrogen and oxygen atoms in total. The molecule has 2 aromatic rings. The molecule has 0 aliphatic carbocycles. The van der Waals surface area contributed by atoms with Gasteiger partial charge in [0.05, 0.1) is 12.8 Å². The van der Waals surface area contributed by atoms with Crippen molar-refractivity contribution in [3.05, 3.63) is 53.9 Å². The fourth-order valence-electron chi connectivity index (χ4n) is 1.79. The zero-order valence-corrected chi connectivity index (χ0v) is 12.3. The van der Waals surface area contributed by atoms with Gasteiger partial charge in [-0.2, -0.15) is 0 Å². The first-order chi connectivity index (χ1) is 10.6. The Morgan fingerprint density at radius 2 is 1.87 bits per heavy atom. The molecule has 1 aromatic heterocycles. The van der Waals surface area contributed by atoms with Crippen molar-refractivity contribution < 1.29 is 19.1 Å². The summed E-state index contributed by atoms with van der Waals surface area (Å²) in [5, 5.41) is 2.58. The number of rotatable bonds is 5. The third kappa shape index (κ3) is 5.10. The third-order valence-electron chi connectivity index (χ3n) is 2.96. The number of carbonyl (C=O) groups is 2. The lowest BCUT2D eigenvalue weighted by Crippen LogP contribution is -2.14. The topological polar surface area (TPSA) is 77.5 Å². The van der Waals surface area contributed by atoms with E-state index in [0.717, 1.165) is 5.56 Å². The zero-order chi connectivity index (χ0) is 15.9. The van der Waals surface area contributed by atoms with Crippen molar-refractivity contribution in [1.82, 2.24) is 4.98 Å². The van der Waals surface area contributed by atoms with E-state index >= 15 is 0 Å². The highest BCUT2D eigenvalue weighted by Gasteiger charge is 2.11. The smallest absolute Gasteiger partial charge is 0.412 e. The van der Waals surface area contributed by atoms with Crippen molar-refractivity contribution in [2.24, 2.45) is 0 Å². The number of pyridine rings is 1. The van der Waals surface area contributed by atoms with Crippen molar-refractivity contribution in [2.75, 3.05) is 12.4 Å². The molecule has 1 aromatic carbocycles. The van der Waals surface area contributed by atoms with Gasteiger partial charge in [0.1, 0.15) is 12.4 Å². The summed E-state index contributed by atoms with van der Waals surface area (Å²) in [6.07, 6.45) is 2.64. The summed E-state index contributed by atoms with van der Waals surface area (Å²) in [6.45, 7) is 1.60. The summed E-state index contributed by atoms with van der Waals surface area (Å²) in [5.74, 6) is 0.318. The maximum atomic E-state index is 11.8. The van der Waals surface area contributed by atoms with Gasteiger partial charge in [0, 0.05) is 18.0 Å². The molecule has 2 rings (SSSR count). The lowest BCUT2D eigenvalue weighted by molar-refractivity contribution is 0.101. The predicted molar refractivity (Wildman–Crippen MR) is 87.8 cm³/mol. The highest BCUT2D eigenvalue weighted by molar-refractivity contribution is 5.96. The Labute approximate surface area is 135 Å². The van der Waals surface area contributed by atoms with Crippen molar-refractivity contribution in [1.29, 1.82) is 0 Å². The van der Waals surface area contributed by atoms with Crippen LogP contribution in [0.2, 0.25) is 0 Å². The standard InChI is InChI=1S/C16H16N2O4.CH4/c1-11(19)13-3-4-14(15(9-13)21-2)18-16(20)22-10-12-5-7-17-8-6-12;/h3-9H,10H2,1-2H3,(H,18,20);1H4. The van der Waals surface area contributed by atoms with E-state index in [1.54, 1.807) is 42.7 Å². The molecule has 0 unspecified atom stereocenters. The summed E-state index contributed by atoms with van der Waals surface area (Å²) < 4.78 is 10.3. The lowest BCUT2D eigenvalue weighted by Gasteiger charge is -2.11. The molecule has 0 fully saturated rings. The lowest BCUT2D eigenvalue weighted by atomic mass is 10.1. The molecule has 6 heteroatoms. The Morgan fingerprint density at radius 1 is 1.17 bits per heavy atom. The minimum atomic E-state index is -0.606. The van der Waals surface area contributed by atoms with Gasteiger partial charge in [-0.05, 0) is 42.8 Å². The summed E-state index contributed by atoms with van der Waals surface area (Å²) in [6, 6.07) is 8.30. The first kappa shape index (κ1) is 18.2. The van der Waals surface area contributed by atoms with E-state index in [2.05, 4.69) is 10.3 Å². The molecule has 0 radical (unpaired) electrons. The summed E-state index contributed by atoms with van der Waals surface area (Å²) >= 11 is 0. The van der Waals surface area contributed by atoms with Crippen LogP contribution >= 0.6 is 0 Å². The number of nitrogens with zero attached hydrogens (tertiary/aromatic N) is 1. The Morgan fingerprint density at radius 3 is 2.48 bits per heavy atom. The van der Waals surface area contributed by atoms with Crippen molar-refractivity contribution in [3.8, 4) is 5.75 Å². The number of hydrogen-bond donors (Lipinski definition) is 1. The van der Waals surface area contributed by atoms with Crippen LogP contribution in [0.25, 0.3) is 0 Å². The van der Waals surface area contributed by atoms with Crippen LogP contribution in [-0.2, 0) is 11.3 Å². The second kappa shape index (κ2) is 8.53. The monoisotopic (exact) mass is 316 g/mol. The Balaban J connectivity index is 0.00000264. The number of benzene rings is 1. The van der Waals surface area contributed by atoms with Crippen LogP contribution in [0.15, 0.2) is 42.7 Å². The molecular weight excluding hydrogens is 296 g/mol. The molecule has 0 aliphatic heterocycles. The number of carbonyl (C=O) groups excluding carboxylic acids is 2. The van der Waals surface area contributed by atoms with Crippen LogP contribution in [0, 0.1) is 0 Å². The summed E-state index contributed by atoms with van der Waals surface area (Å²) in [4.78, 5) is 27.0. The van der Waals surface area contributed by atoms with Gasteiger partial charge >= 0.3 is 6.09 Å². The van der Waals surface area contributed by atoms with E-state index in [9.17, 15) is 9.59 Å². The van der Waals surface area contributed by atoms with E-state index in [0.29, 0.717) is 17.0 Å². The fourth-order valence-corrected chi connectivity index (χ4v) is 1.79. The molecule has 1 amide bonds. The average Bonchev–Trinajstić information content (AvgIpc) is 2.54. The molecule has 0 aliphatic rings. The molecule has 1 heterocycles. The third-order valence-corrected chi connectivity index (χ3v) is 2.96. The number of nitrogens with one attached hydrogen (secondary N) is 1. The van der Waals surface area contributed by atoms with Crippen LogP contribution in [0.5, 0.6) is 5.75 Å². The zero-order valence-electron chi connectivity index (χ0n) is 12.3. The van der Waals surface area contributed by atoms with Crippen LogP contribution in [0.1, 0.15) is 30.3 Å². The number of aromatic nitrogens is 1. The Hall–Kier alpha value is -2.89. The molecule has 0 bridgehead atoms. The number of hydrogen-bond acceptors (Lipinski definition) is 5. The molecular formula is C17H20N2O4. The van der Waals surface area contributed by atoms with Crippen LogP contribution in [0.4, 0.5) is 10.5 Å². The van der Waals surface area contributed by atoms with Gasteiger partial charge in [-0.15, -0.1) is 0 Å². The first-order valence-corrected chi connectivity index (χ1v) is 6.62. The van der Waals surface area contributed by atoms with Gasteiger partial charge in [-0.25, -0.2) is 4.79 Å². The number of ketones is 1. The highest BCUT2D eigenvalue weighted by atomic mass is 16.5. The van der Waals surface area contributed by atoms with Crippen LogP contribution < -0.4 is 10.1 Å². The van der Waals surface area contributed by atoms with Gasteiger partial charge in [-0.3, -0.25) is 15.1 Å². The fraction of sp³-hybridized carbons (Fsp3) is 0.235. The molecule has 0 spiro atoms. The number of ether oxygens (including phenoxy) is 2. The second-order valence-corrected chi connectivity index (χ2v) is 4.53. The first-order valence-electron chi connectivity index (χ1n) is 6.62. The number of amides is 1. The molecule has 0 saturated heterocycles. The normalized spacial score (nSPS) is 9.48. The Bertz CT molecular complexity index is 672. The minimum absolute atomic E-state index is 0. The van der Waals surface area contributed by atoms with E-state index in [-0.39, 0.29) is 19.8 Å². The van der Waals surface area contributed by atoms with Crippen molar-refractivity contribution in [3.63, 3.8) is 0 Å². The molecule has 0 saturated carbocycles. The number of anilines is 1. The van der Waals surface area contributed by atoms with Gasteiger partial charge in [0.25, 0.3) is 0 Å².